The molecule has 108 valence electrons. The smallest absolute Gasteiger partial charge is 0.230 e. The number of hydrogen-bond acceptors (Lipinski definition) is 4. The second-order valence-corrected chi connectivity index (χ2v) is 4.58. The van der Waals surface area contributed by atoms with Crippen molar-refractivity contribution in [1.29, 1.82) is 0 Å². The molecule has 0 saturated carbocycles. The van der Waals surface area contributed by atoms with Crippen molar-refractivity contribution in [2.24, 2.45) is 5.10 Å². The Morgan fingerprint density at radius 2 is 1.68 bits per heavy atom. The van der Waals surface area contributed by atoms with E-state index in [1.807, 2.05) is 48.5 Å². The van der Waals surface area contributed by atoms with Crippen LogP contribution in [-0.2, 0) is 0 Å². The Balaban J connectivity index is 1.93. The van der Waals surface area contributed by atoms with Gasteiger partial charge in [0, 0.05) is 18.0 Å². The number of hydrazone groups is 1. The van der Waals surface area contributed by atoms with Gasteiger partial charge in [0.2, 0.25) is 11.6 Å². The Morgan fingerprint density at radius 3 is 2.32 bits per heavy atom. The molecule has 0 aliphatic carbocycles. The van der Waals surface area contributed by atoms with Crippen LogP contribution < -0.4 is 5.43 Å². The zero-order valence-electron chi connectivity index (χ0n) is 11.8. The van der Waals surface area contributed by atoms with E-state index in [0.29, 0.717) is 5.56 Å². The summed E-state index contributed by atoms with van der Waals surface area (Å²) in [6, 6.07) is 18.5. The SMILES string of the molecule is O=C(/C(=N/Nc1ccccc1)n1ccnc1)c1ccccc1. The molecular weight excluding hydrogens is 276 g/mol. The van der Waals surface area contributed by atoms with E-state index in [1.54, 1.807) is 35.4 Å². The summed E-state index contributed by atoms with van der Waals surface area (Å²) in [5, 5.41) is 4.25. The molecule has 0 unspecified atom stereocenters. The first kappa shape index (κ1) is 13.8. The van der Waals surface area contributed by atoms with Gasteiger partial charge in [0.05, 0.1) is 5.69 Å². The van der Waals surface area contributed by atoms with E-state index in [1.165, 1.54) is 0 Å². The van der Waals surface area contributed by atoms with Gasteiger partial charge in [-0.15, -0.1) is 0 Å². The van der Waals surface area contributed by atoms with Crippen molar-refractivity contribution < 1.29 is 4.79 Å². The van der Waals surface area contributed by atoms with Gasteiger partial charge in [-0.05, 0) is 12.1 Å². The highest BCUT2D eigenvalue weighted by Gasteiger charge is 2.15. The molecule has 22 heavy (non-hydrogen) atoms. The van der Waals surface area contributed by atoms with Crippen molar-refractivity contribution in [1.82, 2.24) is 9.55 Å². The number of carbonyl (C=O) groups is 1. The minimum absolute atomic E-state index is 0.179. The first-order chi connectivity index (χ1) is 10.8. The maximum atomic E-state index is 12.6. The summed E-state index contributed by atoms with van der Waals surface area (Å²) >= 11 is 0. The number of ketones is 1. The van der Waals surface area contributed by atoms with Crippen LogP contribution >= 0.6 is 0 Å². The Hall–Kier alpha value is -3.21. The van der Waals surface area contributed by atoms with Crippen LogP contribution in [-0.4, -0.2) is 21.2 Å². The van der Waals surface area contributed by atoms with Crippen molar-refractivity contribution in [3.05, 3.63) is 84.9 Å². The molecule has 0 spiro atoms. The summed E-state index contributed by atoms with van der Waals surface area (Å²) in [6.07, 6.45) is 4.84. The molecule has 0 aliphatic rings. The normalized spacial score (nSPS) is 11.2. The molecule has 3 aromatic rings. The van der Waals surface area contributed by atoms with Crippen LogP contribution in [0.2, 0.25) is 0 Å². The van der Waals surface area contributed by atoms with E-state index in [9.17, 15) is 4.79 Å². The maximum Gasteiger partial charge on any atom is 0.230 e. The van der Waals surface area contributed by atoms with Gasteiger partial charge < -0.3 is 0 Å². The van der Waals surface area contributed by atoms with E-state index in [4.69, 9.17) is 0 Å². The number of nitrogens with one attached hydrogen (secondary N) is 1. The fourth-order valence-corrected chi connectivity index (χ4v) is 1.96. The fourth-order valence-electron chi connectivity index (χ4n) is 1.96. The summed E-state index contributed by atoms with van der Waals surface area (Å²) < 4.78 is 1.59. The average Bonchev–Trinajstić information content (AvgIpc) is 3.11. The highest BCUT2D eigenvalue weighted by molar-refractivity contribution is 6.45. The molecular formula is C17H14N4O. The Morgan fingerprint density at radius 1 is 1.00 bits per heavy atom. The summed E-state index contributed by atoms with van der Waals surface area (Å²) in [7, 11) is 0. The van der Waals surface area contributed by atoms with Crippen LogP contribution in [0.4, 0.5) is 5.69 Å². The van der Waals surface area contributed by atoms with E-state index in [-0.39, 0.29) is 11.6 Å². The molecule has 0 aliphatic heterocycles. The molecule has 1 N–H and O–H groups in total. The van der Waals surface area contributed by atoms with E-state index >= 15 is 0 Å². The van der Waals surface area contributed by atoms with Crippen LogP contribution in [0.3, 0.4) is 0 Å². The molecule has 0 bridgehead atoms. The van der Waals surface area contributed by atoms with Gasteiger partial charge in [0.25, 0.3) is 0 Å². The third-order valence-corrected chi connectivity index (χ3v) is 3.05. The summed E-state index contributed by atoms with van der Waals surface area (Å²) in [5.41, 5.74) is 4.28. The number of rotatable bonds is 4. The van der Waals surface area contributed by atoms with Crippen LogP contribution in [0.15, 0.2) is 84.5 Å². The van der Waals surface area contributed by atoms with Gasteiger partial charge in [-0.1, -0.05) is 48.5 Å². The van der Waals surface area contributed by atoms with Gasteiger partial charge in [0.15, 0.2) is 0 Å². The number of imidazole rings is 1. The second kappa shape index (κ2) is 6.49. The third kappa shape index (κ3) is 3.09. The lowest BCUT2D eigenvalue weighted by molar-refractivity contribution is 0.106. The molecule has 1 heterocycles. The monoisotopic (exact) mass is 290 g/mol. The molecule has 0 fully saturated rings. The van der Waals surface area contributed by atoms with Crippen molar-refractivity contribution >= 4 is 17.3 Å². The van der Waals surface area contributed by atoms with Crippen molar-refractivity contribution in [2.75, 3.05) is 5.43 Å². The minimum atomic E-state index is -0.179. The molecule has 3 rings (SSSR count). The highest BCUT2D eigenvalue weighted by Crippen LogP contribution is 2.07. The first-order valence-corrected chi connectivity index (χ1v) is 6.81. The maximum absolute atomic E-state index is 12.6. The van der Waals surface area contributed by atoms with Crippen LogP contribution in [0, 0.1) is 0 Å². The van der Waals surface area contributed by atoms with E-state index in [2.05, 4.69) is 15.5 Å². The third-order valence-electron chi connectivity index (χ3n) is 3.05. The number of carbonyl (C=O) groups excluding carboxylic acids is 1. The van der Waals surface area contributed by atoms with Gasteiger partial charge in [-0.25, -0.2) is 4.98 Å². The lowest BCUT2D eigenvalue weighted by atomic mass is 10.1. The number of Topliss-reactive ketones (excluding diaryl/α,β-unsaturated/α-hetero) is 1. The molecule has 0 atom stereocenters. The predicted molar refractivity (Wildman–Crippen MR) is 85.9 cm³/mol. The standard InChI is InChI=1S/C17H14N4O/c22-16(14-7-3-1-4-8-14)17(21-12-11-18-13-21)20-19-15-9-5-2-6-10-15/h1-13,19H/b20-17-. The van der Waals surface area contributed by atoms with E-state index in [0.717, 1.165) is 5.69 Å². The lowest BCUT2D eigenvalue weighted by Gasteiger charge is -2.07. The Kier molecular flexibility index (Phi) is 4.06. The summed E-state index contributed by atoms with van der Waals surface area (Å²) in [4.78, 5) is 16.6. The van der Waals surface area contributed by atoms with Crippen LogP contribution in [0.5, 0.6) is 0 Å². The summed E-state index contributed by atoms with van der Waals surface area (Å²) in [6.45, 7) is 0. The molecule has 5 heteroatoms. The van der Waals surface area contributed by atoms with Crippen LogP contribution in [0.25, 0.3) is 0 Å². The van der Waals surface area contributed by atoms with Crippen LogP contribution in [0.1, 0.15) is 10.4 Å². The van der Waals surface area contributed by atoms with Gasteiger partial charge in [-0.2, -0.15) is 5.10 Å². The lowest BCUT2D eigenvalue weighted by Crippen LogP contribution is -2.23. The number of para-hydroxylation sites is 1. The molecule has 1 aromatic heterocycles. The molecule has 5 nitrogen and oxygen atoms in total. The van der Waals surface area contributed by atoms with Crippen molar-refractivity contribution in [3.63, 3.8) is 0 Å². The van der Waals surface area contributed by atoms with Gasteiger partial charge >= 0.3 is 0 Å². The van der Waals surface area contributed by atoms with Gasteiger partial charge in [-0.3, -0.25) is 14.8 Å². The largest absolute Gasteiger partial charge is 0.286 e. The van der Waals surface area contributed by atoms with Crippen molar-refractivity contribution in [2.45, 2.75) is 0 Å². The van der Waals surface area contributed by atoms with Gasteiger partial charge in [0.1, 0.15) is 6.33 Å². The fraction of sp³-hybridized carbons (Fsp3) is 0. The van der Waals surface area contributed by atoms with Crippen molar-refractivity contribution in [3.8, 4) is 0 Å². The second-order valence-electron chi connectivity index (χ2n) is 4.58. The number of benzene rings is 2. The predicted octanol–water partition coefficient (Wildman–Crippen LogP) is 3.04. The zero-order valence-corrected chi connectivity index (χ0v) is 11.8. The summed E-state index contributed by atoms with van der Waals surface area (Å²) in [5.74, 6) is 0.0783. The number of aromatic nitrogens is 2. The average molecular weight is 290 g/mol. The molecule has 2 aromatic carbocycles. The quantitative estimate of drug-likeness (QED) is 0.348. The number of nitrogens with zero attached hydrogens (tertiary/aromatic N) is 3. The van der Waals surface area contributed by atoms with E-state index < -0.39 is 0 Å². The zero-order chi connectivity index (χ0) is 15.2. The first-order valence-electron chi connectivity index (χ1n) is 6.81. The highest BCUT2D eigenvalue weighted by atomic mass is 16.1. The molecule has 0 saturated heterocycles. The Labute approximate surface area is 127 Å². The topological polar surface area (TPSA) is 59.3 Å². The molecule has 0 radical (unpaired) electrons. The number of anilines is 1. The molecule has 0 amide bonds. The number of hydrogen-bond donors (Lipinski definition) is 1. The minimum Gasteiger partial charge on any atom is -0.286 e. The Bertz CT molecular complexity index is 765.